The third-order valence-corrected chi connectivity index (χ3v) is 6.12. The molecule has 0 saturated carbocycles. The third-order valence-electron chi connectivity index (χ3n) is 6.12. The van der Waals surface area contributed by atoms with Gasteiger partial charge in [0.2, 0.25) is 5.95 Å². The molecule has 150 valence electrons. The van der Waals surface area contributed by atoms with Crippen molar-refractivity contribution < 1.29 is 9.53 Å². The Morgan fingerprint density at radius 1 is 1.24 bits per heavy atom. The van der Waals surface area contributed by atoms with Crippen LogP contribution in [0.5, 0.6) is 0 Å². The lowest BCUT2D eigenvalue weighted by molar-refractivity contribution is -0.150. The van der Waals surface area contributed by atoms with Crippen molar-refractivity contribution in [1.82, 2.24) is 19.5 Å². The highest BCUT2D eigenvalue weighted by Gasteiger charge is 2.50. The number of benzene rings is 1. The van der Waals surface area contributed by atoms with Gasteiger partial charge in [-0.05, 0) is 31.9 Å². The Labute approximate surface area is 168 Å². The maximum atomic E-state index is 12.8. The molecule has 1 atom stereocenters. The molecule has 5 rings (SSSR count). The van der Waals surface area contributed by atoms with Crippen molar-refractivity contribution in [1.29, 1.82) is 0 Å². The lowest BCUT2D eigenvalue weighted by atomic mass is 9.76. The Kier molecular flexibility index (Phi) is 4.15. The van der Waals surface area contributed by atoms with Gasteiger partial charge in [0.1, 0.15) is 11.9 Å². The van der Waals surface area contributed by atoms with Crippen LogP contribution in [0.2, 0.25) is 0 Å². The van der Waals surface area contributed by atoms with Crippen molar-refractivity contribution in [3.05, 3.63) is 42.4 Å². The molecule has 0 radical (unpaired) electrons. The Bertz CT molecular complexity index is 1050. The molecule has 2 saturated heterocycles. The van der Waals surface area contributed by atoms with Crippen molar-refractivity contribution in [2.45, 2.75) is 38.8 Å². The van der Waals surface area contributed by atoms with Crippen LogP contribution in [0.3, 0.4) is 0 Å². The van der Waals surface area contributed by atoms with Crippen LogP contribution < -0.4 is 10.6 Å². The zero-order valence-electron chi connectivity index (χ0n) is 16.4. The second kappa shape index (κ2) is 6.72. The molecule has 8 heteroatoms. The molecule has 2 aliphatic rings. The Balaban J connectivity index is 1.28. The highest BCUT2D eigenvalue weighted by molar-refractivity contribution is 5.79. The molecule has 2 fully saturated rings. The van der Waals surface area contributed by atoms with E-state index in [2.05, 4.69) is 24.4 Å². The van der Waals surface area contributed by atoms with Crippen molar-refractivity contribution in [3.8, 4) is 0 Å². The number of hydrogen-bond donors (Lipinski definition) is 1. The number of para-hydroxylation sites is 2. The number of aryl methyl sites for hydroxylation is 1. The molecule has 1 aromatic carbocycles. The molecule has 2 aromatic heterocycles. The first-order chi connectivity index (χ1) is 14.0. The standard InChI is InChI=1S/C21H24N6O2/c1-14-10-18(22)25-20(24-14)26-8-6-21(7-9-26)11-15(29-19(21)28)12-27-13-23-16-4-2-3-5-17(16)27/h2-5,10,13,15H,6-9,11-12H2,1H3,(H2,22,24,25). The number of aromatic nitrogens is 4. The molecule has 0 amide bonds. The normalized spacial score (nSPS) is 21.1. The fourth-order valence-corrected chi connectivity index (χ4v) is 4.58. The number of rotatable bonds is 3. The number of cyclic esters (lactones) is 1. The number of ether oxygens (including phenoxy) is 1. The summed E-state index contributed by atoms with van der Waals surface area (Å²) >= 11 is 0. The van der Waals surface area contributed by atoms with Crippen molar-refractivity contribution >= 4 is 28.8 Å². The van der Waals surface area contributed by atoms with Crippen molar-refractivity contribution in [3.63, 3.8) is 0 Å². The fourth-order valence-electron chi connectivity index (χ4n) is 4.58. The number of nitrogen functional groups attached to an aromatic ring is 1. The highest BCUT2D eigenvalue weighted by atomic mass is 16.6. The minimum absolute atomic E-state index is 0.0729. The zero-order valence-corrected chi connectivity index (χ0v) is 16.4. The van der Waals surface area contributed by atoms with E-state index >= 15 is 0 Å². The molecular formula is C21H24N6O2. The van der Waals surface area contributed by atoms with Crippen LogP contribution in [-0.2, 0) is 16.1 Å². The molecule has 3 aromatic rings. The number of anilines is 2. The van der Waals surface area contributed by atoms with Crippen molar-refractivity contribution in [2.75, 3.05) is 23.7 Å². The SMILES string of the molecule is Cc1cc(N)nc(N2CCC3(CC2)CC(Cn2cnc4ccccc42)OC3=O)n1. The number of carbonyl (C=O) groups excluding carboxylic acids is 1. The molecule has 29 heavy (non-hydrogen) atoms. The van der Waals surface area contributed by atoms with Crippen LogP contribution in [0.25, 0.3) is 11.0 Å². The lowest BCUT2D eigenvalue weighted by Gasteiger charge is -2.36. The zero-order chi connectivity index (χ0) is 20.0. The predicted octanol–water partition coefficient (Wildman–Crippen LogP) is 2.32. The van der Waals surface area contributed by atoms with E-state index in [1.54, 1.807) is 6.07 Å². The molecule has 0 aliphatic carbocycles. The van der Waals surface area contributed by atoms with Gasteiger partial charge in [0.05, 0.1) is 29.3 Å². The van der Waals surface area contributed by atoms with E-state index in [-0.39, 0.29) is 12.1 Å². The number of carbonyl (C=O) groups is 1. The monoisotopic (exact) mass is 392 g/mol. The Morgan fingerprint density at radius 3 is 2.83 bits per heavy atom. The molecule has 1 spiro atoms. The lowest BCUT2D eigenvalue weighted by Crippen LogP contribution is -2.43. The number of imidazole rings is 1. The number of hydrogen-bond acceptors (Lipinski definition) is 7. The van der Waals surface area contributed by atoms with Crippen LogP contribution >= 0.6 is 0 Å². The van der Waals surface area contributed by atoms with E-state index in [1.807, 2.05) is 37.5 Å². The van der Waals surface area contributed by atoms with Crippen LogP contribution in [0.4, 0.5) is 11.8 Å². The summed E-state index contributed by atoms with van der Waals surface area (Å²) in [6.07, 6.45) is 3.92. The average Bonchev–Trinajstić information content (AvgIpc) is 3.23. The minimum atomic E-state index is -0.410. The van der Waals surface area contributed by atoms with Gasteiger partial charge in [-0.25, -0.2) is 9.97 Å². The van der Waals surface area contributed by atoms with Gasteiger partial charge in [0.15, 0.2) is 0 Å². The van der Waals surface area contributed by atoms with Crippen LogP contribution in [-0.4, -0.2) is 44.7 Å². The number of nitrogens with zero attached hydrogens (tertiary/aromatic N) is 5. The fraction of sp³-hybridized carbons (Fsp3) is 0.429. The smallest absolute Gasteiger partial charge is 0.312 e. The quantitative estimate of drug-likeness (QED) is 0.683. The first-order valence-electron chi connectivity index (χ1n) is 9.99. The summed E-state index contributed by atoms with van der Waals surface area (Å²) in [5, 5.41) is 0. The molecular weight excluding hydrogens is 368 g/mol. The summed E-state index contributed by atoms with van der Waals surface area (Å²) in [6, 6.07) is 9.76. The minimum Gasteiger partial charge on any atom is -0.460 e. The number of piperidine rings is 1. The topological polar surface area (TPSA) is 99.2 Å². The number of fused-ring (bicyclic) bond motifs is 1. The molecule has 8 nitrogen and oxygen atoms in total. The molecule has 4 heterocycles. The second-order valence-corrected chi connectivity index (χ2v) is 8.12. The van der Waals surface area contributed by atoms with Crippen LogP contribution in [0, 0.1) is 12.3 Å². The van der Waals surface area contributed by atoms with E-state index in [1.165, 1.54) is 0 Å². The summed E-state index contributed by atoms with van der Waals surface area (Å²) in [6.45, 7) is 3.98. The molecule has 0 bridgehead atoms. The van der Waals surface area contributed by atoms with Gasteiger partial charge in [-0.3, -0.25) is 4.79 Å². The predicted molar refractivity (Wildman–Crippen MR) is 109 cm³/mol. The van der Waals surface area contributed by atoms with E-state index < -0.39 is 5.41 Å². The summed E-state index contributed by atoms with van der Waals surface area (Å²) in [7, 11) is 0. The molecule has 2 aliphatic heterocycles. The van der Waals surface area contributed by atoms with Crippen molar-refractivity contribution in [2.24, 2.45) is 5.41 Å². The first-order valence-corrected chi connectivity index (χ1v) is 9.99. The van der Waals surface area contributed by atoms with Crippen LogP contribution in [0.15, 0.2) is 36.7 Å². The van der Waals surface area contributed by atoms with Crippen LogP contribution in [0.1, 0.15) is 25.0 Å². The van der Waals surface area contributed by atoms with E-state index in [9.17, 15) is 4.79 Å². The Hall–Kier alpha value is -3.16. The summed E-state index contributed by atoms with van der Waals surface area (Å²) in [4.78, 5) is 28.2. The van der Waals surface area contributed by atoms with Gasteiger partial charge in [0, 0.05) is 31.3 Å². The number of nitrogens with two attached hydrogens (primary N) is 1. The van der Waals surface area contributed by atoms with Gasteiger partial charge >= 0.3 is 5.97 Å². The van der Waals surface area contributed by atoms with E-state index in [4.69, 9.17) is 10.5 Å². The number of esters is 1. The van der Waals surface area contributed by atoms with Gasteiger partial charge in [-0.2, -0.15) is 4.98 Å². The molecule has 1 unspecified atom stereocenters. The highest BCUT2D eigenvalue weighted by Crippen LogP contribution is 2.44. The summed E-state index contributed by atoms with van der Waals surface area (Å²) in [5.74, 6) is 1.04. The van der Waals surface area contributed by atoms with Gasteiger partial charge in [-0.15, -0.1) is 0 Å². The van der Waals surface area contributed by atoms with E-state index in [0.29, 0.717) is 18.3 Å². The molecule has 2 N–H and O–H groups in total. The largest absolute Gasteiger partial charge is 0.460 e. The van der Waals surface area contributed by atoms with E-state index in [0.717, 1.165) is 49.1 Å². The third kappa shape index (κ3) is 3.18. The Morgan fingerprint density at radius 2 is 2.03 bits per heavy atom. The van der Waals surface area contributed by atoms with Gasteiger partial charge in [-0.1, -0.05) is 12.1 Å². The maximum Gasteiger partial charge on any atom is 0.312 e. The maximum absolute atomic E-state index is 12.8. The summed E-state index contributed by atoms with van der Waals surface area (Å²) < 4.78 is 7.87. The van der Waals surface area contributed by atoms with Gasteiger partial charge in [0.25, 0.3) is 0 Å². The first kappa shape index (κ1) is 17.9. The second-order valence-electron chi connectivity index (χ2n) is 8.12. The summed E-state index contributed by atoms with van der Waals surface area (Å²) in [5.41, 5.74) is 8.32. The van der Waals surface area contributed by atoms with Gasteiger partial charge < -0.3 is 19.9 Å². The average molecular weight is 392 g/mol.